The van der Waals surface area contributed by atoms with E-state index in [0.717, 1.165) is 16.8 Å². The molecule has 1 aromatic carbocycles. The highest BCUT2D eigenvalue weighted by Crippen LogP contribution is 2.27. The van der Waals surface area contributed by atoms with E-state index in [1.165, 1.54) is 0 Å². The summed E-state index contributed by atoms with van der Waals surface area (Å²) in [5, 5.41) is 6.43. The number of carbonyl (C=O) groups excluding carboxylic acids is 1. The number of fused-ring (bicyclic) bond motifs is 1. The normalized spacial score (nSPS) is 13.5. The lowest BCUT2D eigenvalue weighted by atomic mass is 10.2. The molecular weight excluding hydrogens is 419 g/mol. The second kappa shape index (κ2) is 8.72. The van der Waals surface area contributed by atoms with Crippen LogP contribution in [0.1, 0.15) is 11.1 Å². The number of carbonyl (C=O) groups is 1. The highest BCUT2D eigenvalue weighted by Gasteiger charge is 2.25. The fourth-order valence-electron chi connectivity index (χ4n) is 2.65. The lowest BCUT2D eigenvalue weighted by Gasteiger charge is -2.19. The van der Waals surface area contributed by atoms with E-state index in [-0.39, 0.29) is 29.9 Å². The van der Waals surface area contributed by atoms with Crippen molar-refractivity contribution >= 4 is 41.5 Å². The van der Waals surface area contributed by atoms with Gasteiger partial charge in [0.2, 0.25) is 5.91 Å². The topological polar surface area (TPSA) is 69.9 Å². The molecule has 0 unspecified atom stereocenters. The van der Waals surface area contributed by atoms with Crippen molar-refractivity contribution in [2.24, 2.45) is 4.99 Å². The monoisotopic (exact) mass is 440 g/mol. The number of hydrogen-bond donors (Lipinski definition) is 2. The molecule has 3 rings (SSSR count). The molecule has 0 radical (unpaired) electrons. The largest absolute Gasteiger partial charge is 0.472 e. The summed E-state index contributed by atoms with van der Waals surface area (Å²) < 4.78 is 5.03. The number of para-hydroxylation sites is 1. The Morgan fingerprint density at radius 1 is 1.29 bits per heavy atom. The summed E-state index contributed by atoms with van der Waals surface area (Å²) >= 11 is 0. The Morgan fingerprint density at radius 3 is 2.88 bits per heavy atom. The Balaban J connectivity index is 0.00000208. The molecule has 6 nitrogen and oxygen atoms in total. The second-order valence-electron chi connectivity index (χ2n) is 5.34. The minimum Gasteiger partial charge on any atom is -0.472 e. The van der Waals surface area contributed by atoms with Crippen molar-refractivity contribution in [2.45, 2.75) is 13.0 Å². The molecule has 0 spiro atoms. The first-order valence-corrected chi connectivity index (χ1v) is 7.62. The third-order valence-electron chi connectivity index (χ3n) is 3.82. The van der Waals surface area contributed by atoms with E-state index in [2.05, 4.69) is 15.6 Å². The Bertz CT molecular complexity index is 700. The third kappa shape index (κ3) is 4.28. The molecule has 1 aromatic heterocycles. The van der Waals surface area contributed by atoms with Crippen LogP contribution >= 0.6 is 24.0 Å². The molecule has 1 amide bonds. The van der Waals surface area contributed by atoms with Crippen LogP contribution in [-0.4, -0.2) is 32.0 Å². The summed E-state index contributed by atoms with van der Waals surface area (Å²) in [6.45, 7) is 1.88. The van der Waals surface area contributed by atoms with E-state index in [9.17, 15) is 4.79 Å². The van der Waals surface area contributed by atoms with E-state index in [0.29, 0.717) is 32.0 Å². The lowest BCUT2D eigenvalue weighted by Crippen LogP contribution is -2.42. The highest BCUT2D eigenvalue weighted by molar-refractivity contribution is 14.0. The maximum atomic E-state index is 12.1. The van der Waals surface area contributed by atoms with Gasteiger partial charge in [0, 0.05) is 37.9 Å². The van der Waals surface area contributed by atoms with Crippen LogP contribution in [0.25, 0.3) is 0 Å². The van der Waals surface area contributed by atoms with Gasteiger partial charge in [-0.25, -0.2) is 0 Å². The quantitative estimate of drug-likeness (QED) is 0.425. The van der Waals surface area contributed by atoms with Crippen LogP contribution in [0.5, 0.6) is 0 Å². The Hall–Kier alpha value is -2.03. The molecule has 0 fully saturated rings. The predicted molar refractivity (Wildman–Crippen MR) is 105 cm³/mol. The first kappa shape index (κ1) is 18.3. The van der Waals surface area contributed by atoms with Gasteiger partial charge in [0.15, 0.2) is 5.96 Å². The van der Waals surface area contributed by atoms with Crippen molar-refractivity contribution < 1.29 is 9.21 Å². The zero-order valence-corrected chi connectivity index (χ0v) is 15.8. The van der Waals surface area contributed by atoms with Gasteiger partial charge < -0.3 is 20.0 Å². The van der Waals surface area contributed by atoms with E-state index in [1.54, 1.807) is 19.6 Å². The zero-order chi connectivity index (χ0) is 16.1. The summed E-state index contributed by atoms with van der Waals surface area (Å²) in [6.07, 6.45) is 3.83. The Kier molecular flexibility index (Phi) is 6.65. The molecule has 0 saturated carbocycles. The standard InChI is InChI=1S/C17H20N4O2.HI/c1-18-17(20-11-13-6-9-23-12-13)19-7-8-21-15-5-3-2-4-14(15)10-16(21)22;/h2-6,9,12H,7-8,10-11H2,1H3,(H2,18,19,20);1H. The van der Waals surface area contributed by atoms with Crippen molar-refractivity contribution in [1.29, 1.82) is 0 Å². The van der Waals surface area contributed by atoms with Gasteiger partial charge in [0.05, 0.1) is 18.9 Å². The predicted octanol–water partition coefficient (Wildman–Crippen LogP) is 2.15. The molecule has 0 bridgehead atoms. The summed E-state index contributed by atoms with van der Waals surface area (Å²) in [4.78, 5) is 18.1. The number of nitrogens with one attached hydrogen (secondary N) is 2. The van der Waals surface area contributed by atoms with Crippen LogP contribution < -0.4 is 15.5 Å². The molecule has 0 saturated heterocycles. The van der Waals surface area contributed by atoms with Crippen LogP contribution in [-0.2, 0) is 17.8 Å². The number of guanidine groups is 1. The molecule has 7 heteroatoms. The molecule has 0 atom stereocenters. The van der Waals surface area contributed by atoms with Crippen LogP contribution in [0.2, 0.25) is 0 Å². The van der Waals surface area contributed by atoms with Crippen molar-refractivity contribution in [2.75, 3.05) is 25.0 Å². The maximum absolute atomic E-state index is 12.1. The molecule has 1 aliphatic rings. The van der Waals surface area contributed by atoms with Gasteiger partial charge in [-0.05, 0) is 17.7 Å². The van der Waals surface area contributed by atoms with Crippen molar-refractivity contribution in [3.05, 3.63) is 54.0 Å². The first-order valence-electron chi connectivity index (χ1n) is 7.62. The van der Waals surface area contributed by atoms with Crippen LogP contribution in [0, 0.1) is 0 Å². The number of furan rings is 1. The minimum absolute atomic E-state index is 0. The summed E-state index contributed by atoms with van der Waals surface area (Å²) in [6, 6.07) is 9.83. The van der Waals surface area contributed by atoms with E-state index in [4.69, 9.17) is 4.42 Å². The lowest BCUT2D eigenvalue weighted by molar-refractivity contribution is -0.117. The number of halogens is 1. The third-order valence-corrected chi connectivity index (χ3v) is 3.82. The number of rotatable bonds is 5. The van der Waals surface area contributed by atoms with Gasteiger partial charge in [-0.2, -0.15) is 0 Å². The number of anilines is 1. The smallest absolute Gasteiger partial charge is 0.231 e. The fourth-order valence-corrected chi connectivity index (χ4v) is 2.65. The van der Waals surface area contributed by atoms with E-state index >= 15 is 0 Å². The van der Waals surface area contributed by atoms with Gasteiger partial charge in [0.1, 0.15) is 0 Å². The average Bonchev–Trinajstić information content (AvgIpc) is 3.18. The Morgan fingerprint density at radius 2 is 2.12 bits per heavy atom. The average molecular weight is 440 g/mol. The van der Waals surface area contributed by atoms with Crippen LogP contribution in [0.15, 0.2) is 52.3 Å². The Labute approximate surface area is 158 Å². The van der Waals surface area contributed by atoms with Gasteiger partial charge in [-0.1, -0.05) is 18.2 Å². The van der Waals surface area contributed by atoms with Gasteiger partial charge >= 0.3 is 0 Å². The van der Waals surface area contributed by atoms with Crippen molar-refractivity contribution in [1.82, 2.24) is 10.6 Å². The number of hydrogen-bond acceptors (Lipinski definition) is 3. The van der Waals surface area contributed by atoms with Crippen molar-refractivity contribution in [3.8, 4) is 0 Å². The molecule has 2 N–H and O–H groups in total. The number of nitrogens with zero attached hydrogens (tertiary/aromatic N) is 2. The summed E-state index contributed by atoms with van der Waals surface area (Å²) in [7, 11) is 1.72. The highest BCUT2D eigenvalue weighted by atomic mass is 127. The molecule has 2 heterocycles. The molecular formula is C17H21IN4O2. The van der Waals surface area contributed by atoms with Gasteiger partial charge in [-0.3, -0.25) is 9.79 Å². The minimum atomic E-state index is 0. The number of amides is 1. The molecule has 24 heavy (non-hydrogen) atoms. The molecule has 0 aliphatic carbocycles. The summed E-state index contributed by atoms with van der Waals surface area (Å²) in [5.74, 6) is 0.848. The van der Waals surface area contributed by atoms with Crippen LogP contribution in [0.3, 0.4) is 0 Å². The van der Waals surface area contributed by atoms with Gasteiger partial charge in [0.25, 0.3) is 0 Å². The number of benzene rings is 1. The van der Waals surface area contributed by atoms with E-state index in [1.807, 2.05) is 35.2 Å². The summed E-state index contributed by atoms with van der Waals surface area (Å²) in [5.41, 5.74) is 3.16. The van der Waals surface area contributed by atoms with Crippen molar-refractivity contribution in [3.63, 3.8) is 0 Å². The zero-order valence-electron chi connectivity index (χ0n) is 13.5. The molecule has 128 valence electrons. The second-order valence-corrected chi connectivity index (χ2v) is 5.34. The van der Waals surface area contributed by atoms with Crippen LogP contribution in [0.4, 0.5) is 5.69 Å². The van der Waals surface area contributed by atoms with E-state index < -0.39 is 0 Å². The maximum Gasteiger partial charge on any atom is 0.231 e. The number of aliphatic imine (C=N–C) groups is 1. The van der Waals surface area contributed by atoms with Gasteiger partial charge in [-0.15, -0.1) is 24.0 Å². The molecule has 1 aliphatic heterocycles. The molecule has 2 aromatic rings. The SMILES string of the molecule is CN=C(NCCN1C(=O)Cc2ccccc21)NCc1ccoc1.I. The first-order chi connectivity index (χ1) is 11.3. The fraction of sp³-hybridized carbons (Fsp3) is 0.294.